The summed E-state index contributed by atoms with van der Waals surface area (Å²) in [6, 6.07) is 14.3. The molecule has 7 heteroatoms. The minimum absolute atomic E-state index is 0.0515. The molecule has 2 aromatic heterocycles. The first-order valence-corrected chi connectivity index (χ1v) is 9.17. The molecule has 2 N–H and O–H groups in total. The van der Waals surface area contributed by atoms with E-state index in [2.05, 4.69) is 36.2 Å². The molecule has 0 saturated heterocycles. The van der Waals surface area contributed by atoms with Crippen LogP contribution in [0.4, 0.5) is 14.6 Å². The summed E-state index contributed by atoms with van der Waals surface area (Å²) in [6.45, 7) is 0.346. The largest absolute Gasteiger partial charge is 0.370 e. The van der Waals surface area contributed by atoms with Crippen LogP contribution < -0.4 is 5.32 Å². The summed E-state index contributed by atoms with van der Waals surface area (Å²) in [5.41, 5.74) is 2.70. The average molecular weight is 429 g/mol. The Hall–Kier alpha value is -2.80. The maximum absolute atomic E-state index is 13.9. The van der Waals surface area contributed by atoms with Gasteiger partial charge in [0, 0.05) is 33.6 Å². The molecular formula is C20H15BrF2N4. The number of hydrogen-bond acceptors (Lipinski definition) is 3. The number of hydrogen-bond donors (Lipinski definition) is 2. The van der Waals surface area contributed by atoms with Gasteiger partial charge in [-0.1, -0.05) is 34.1 Å². The lowest BCUT2D eigenvalue weighted by atomic mass is 10.1. The number of anilines is 1. The first-order valence-electron chi connectivity index (χ1n) is 8.37. The molecule has 0 aliphatic carbocycles. The van der Waals surface area contributed by atoms with Crippen molar-refractivity contribution >= 4 is 32.7 Å². The van der Waals surface area contributed by atoms with Crippen molar-refractivity contribution in [2.45, 2.75) is 6.42 Å². The Labute approximate surface area is 162 Å². The van der Waals surface area contributed by atoms with Crippen molar-refractivity contribution in [3.05, 3.63) is 76.5 Å². The predicted octanol–water partition coefficient (Wildman–Crippen LogP) is 5.32. The highest BCUT2D eigenvalue weighted by atomic mass is 79.9. The van der Waals surface area contributed by atoms with Crippen molar-refractivity contribution in [3.8, 4) is 11.4 Å². The number of aromatic nitrogens is 3. The molecule has 0 amide bonds. The molecule has 0 atom stereocenters. The van der Waals surface area contributed by atoms with E-state index in [4.69, 9.17) is 0 Å². The smallest absolute Gasteiger partial charge is 0.130 e. The van der Waals surface area contributed by atoms with E-state index in [1.54, 1.807) is 6.07 Å². The van der Waals surface area contributed by atoms with E-state index in [0.29, 0.717) is 16.8 Å². The maximum Gasteiger partial charge on any atom is 0.130 e. The molecular weight excluding hydrogens is 414 g/mol. The number of rotatable bonds is 5. The first kappa shape index (κ1) is 17.6. The Balaban J connectivity index is 1.48. The third-order valence-electron chi connectivity index (χ3n) is 4.26. The quantitative estimate of drug-likeness (QED) is 0.452. The zero-order valence-corrected chi connectivity index (χ0v) is 15.7. The molecule has 27 heavy (non-hydrogen) atoms. The second-order valence-electron chi connectivity index (χ2n) is 6.08. The lowest BCUT2D eigenvalue weighted by molar-refractivity contribution is 0.555. The molecule has 0 saturated carbocycles. The fourth-order valence-corrected chi connectivity index (χ4v) is 3.34. The Morgan fingerprint density at radius 3 is 2.56 bits per heavy atom. The van der Waals surface area contributed by atoms with Crippen LogP contribution in [0.2, 0.25) is 0 Å². The normalized spacial score (nSPS) is 11.1. The second-order valence-corrected chi connectivity index (χ2v) is 7.00. The molecule has 0 radical (unpaired) electrons. The number of H-pyrrole nitrogens is 1. The van der Waals surface area contributed by atoms with Gasteiger partial charge >= 0.3 is 0 Å². The molecule has 0 spiro atoms. The molecule has 4 nitrogen and oxygen atoms in total. The zero-order chi connectivity index (χ0) is 18.8. The van der Waals surface area contributed by atoms with Crippen LogP contribution in [0.1, 0.15) is 5.56 Å². The van der Waals surface area contributed by atoms with Crippen LogP contribution in [0.25, 0.3) is 22.3 Å². The van der Waals surface area contributed by atoms with Crippen molar-refractivity contribution < 1.29 is 8.78 Å². The summed E-state index contributed by atoms with van der Waals surface area (Å²) >= 11 is 3.08. The highest BCUT2D eigenvalue weighted by Gasteiger charge is 2.11. The van der Waals surface area contributed by atoms with Crippen LogP contribution in [0.5, 0.6) is 0 Å². The molecule has 0 bridgehead atoms. The van der Waals surface area contributed by atoms with Gasteiger partial charge in [-0.25, -0.2) is 18.7 Å². The molecule has 0 fully saturated rings. The number of halogens is 3. The number of benzene rings is 2. The predicted molar refractivity (Wildman–Crippen MR) is 106 cm³/mol. The number of nitrogens with one attached hydrogen (secondary N) is 2. The SMILES string of the molecule is Fc1cc(Br)cc(F)c1CCNc1cc(-c2cc3ccccc3[nH]2)ncn1. The fraction of sp³-hybridized carbons (Fsp3) is 0.100. The van der Waals surface area contributed by atoms with E-state index in [9.17, 15) is 8.78 Å². The summed E-state index contributed by atoms with van der Waals surface area (Å²) in [6.07, 6.45) is 1.67. The van der Waals surface area contributed by atoms with E-state index >= 15 is 0 Å². The second kappa shape index (κ2) is 7.44. The Bertz CT molecular complexity index is 1050. The third kappa shape index (κ3) is 3.83. The van der Waals surface area contributed by atoms with Gasteiger partial charge in [-0.3, -0.25) is 0 Å². The van der Waals surface area contributed by atoms with Crippen LogP contribution in [-0.2, 0) is 6.42 Å². The number of fused-ring (bicyclic) bond motifs is 1. The van der Waals surface area contributed by atoms with Gasteiger partial charge in [-0.2, -0.15) is 0 Å². The number of para-hydroxylation sites is 1. The zero-order valence-electron chi connectivity index (χ0n) is 14.1. The van der Waals surface area contributed by atoms with Gasteiger partial charge in [0.2, 0.25) is 0 Å². The maximum atomic E-state index is 13.9. The van der Waals surface area contributed by atoms with E-state index in [1.807, 2.05) is 30.3 Å². The third-order valence-corrected chi connectivity index (χ3v) is 4.72. The monoisotopic (exact) mass is 428 g/mol. The van der Waals surface area contributed by atoms with Crippen molar-refractivity contribution in [2.75, 3.05) is 11.9 Å². The molecule has 0 unspecified atom stereocenters. The van der Waals surface area contributed by atoms with Gasteiger partial charge in [-0.05, 0) is 30.7 Å². The summed E-state index contributed by atoms with van der Waals surface area (Å²) in [5, 5.41) is 4.19. The Morgan fingerprint density at radius 2 is 1.78 bits per heavy atom. The molecule has 0 aliphatic heterocycles. The van der Waals surface area contributed by atoms with E-state index < -0.39 is 11.6 Å². The van der Waals surface area contributed by atoms with E-state index in [1.165, 1.54) is 18.5 Å². The van der Waals surface area contributed by atoms with Crippen LogP contribution in [0.3, 0.4) is 0 Å². The fourth-order valence-electron chi connectivity index (χ4n) is 2.94. The summed E-state index contributed by atoms with van der Waals surface area (Å²) in [7, 11) is 0. The summed E-state index contributed by atoms with van der Waals surface area (Å²) in [4.78, 5) is 11.8. The van der Waals surface area contributed by atoms with Crippen LogP contribution >= 0.6 is 15.9 Å². The van der Waals surface area contributed by atoms with Gasteiger partial charge in [0.25, 0.3) is 0 Å². The molecule has 0 aliphatic rings. The van der Waals surface area contributed by atoms with Gasteiger partial charge in [0.15, 0.2) is 0 Å². The lowest BCUT2D eigenvalue weighted by Crippen LogP contribution is -2.09. The minimum Gasteiger partial charge on any atom is -0.370 e. The van der Waals surface area contributed by atoms with E-state index in [-0.39, 0.29) is 12.0 Å². The lowest BCUT2D eigenvalue weighted by Gasteiger charge is -2.08. The standard InChI is InChI=1S/C20H15BrF2N4/c21-13-8-15(22)14(16(23)9-13)5-6-24-20-10-18(25-11-26-20)19-7-12-3-1-2-4-17(12)27-19/h1-4,7-11,27H,5-6H2,(H,24,25,26). The minimum atomic E-state index is -0.565. The van der Waals surface area contributed by atoms with Gasteiger partial charge in [0.1, 0.15) is 23.8 Å². The first-order chi connectivity index (χ1) is 13.1. The Morgan fingerprint density at radius 1 is 1.00 bits per heavy atom. The molecule has 136 valence electrons. The molecule has 4 aromatic rings. The van der Waals surface area contributed by atoms with Gasteiger partial charge in [-0.15, -0.1) is 0 Å². The highest BCUT2D eigenvalue weighted by molar-refractivity contribution is 9.10. The topological polar surface area (TPSA) is 53.6 Å². The van der Waals surface area contributed by atoms with Gasteiger partial charge < -0.3 is 10.3 Å². The average Bonchev–Trinajstić information content (AvgIpc) is 3.08. The summed E-state index contributed by atoms with van der Waals surface area (Å²) < 4.78 is 28.2. The van der Waals surface area contributed by atoms with Crippen molar-refractivity contribution in [1.29, 1.82) is 0 Å². The van der Waals surface area contributed by atoms with Crippen LogP contribution in [-0.4, -0.2) is 21.5 Å². The number of aromatic amines is 1. The molecule has 4 rings (SSSR count). The van der Waals surface area contributed by atoms with Crippen molar-refractivity contribution in [1.82, 2.24) is 15.0 Å². The molecule has 2 heterocycles. The van der Waals surface area contributed by atoms with E-state index in [0.717, 1.165) is 22.3 Å². The molecule has 2 aromatic carbocycles. The summed E-state index contributed by atoms with van der Waals surface area (Å²) in [5.74, 6) is -0.535. The highest BCUT2D eigenvalue weighted by Crippen LogP contribution is 2.24. The van der Waals surface area contributed by atoms with Gasteiger partial charge in [0.05, 0.1) is 11.4 Å². The number of nitrogens with zero attached hydrogens (tertiary/aromatic N) is 2. The van der Waals surface area contributed by atoms with Crippen molar-refractivity contribution in [2.24, 2.45) is 0 Å². The Kier molecular flexibility index (Phi) is 4.85. The van der Waals surface area contributed by atoms with Crippen LogP contribution in [0, 0.1) is 11.6 Å². The van der Waals surface area contributed by atoms with Crippen LogP contribution in [0.15, 0.2) is 59.3 Å². The van der Waals surface area contributed by atoms with Crippen molar-refractivity contribution in [3.63, 3.8) is 0 Å².